The molecule has 4 heteroatoms. The summed E-state index contributed by atoms with van der Waals surface area (Å²) in [7, 11) is 0. The number of aromatic hydroxyl groups is 4. The summed E-state index contributed by atoms with van der Waals surface area (Å²) in [5.41, 5.74) is 10.6. The van der Waals surface area contributed by atoms with Gasteiger partial charge in [0.25, 0.3) is 0 Å². The van der Waals surface area contributed by atoms with Crippen molar-refractivity contribution in [3.05, 3.63) is 158 Å². The summed E-state index contributed by atoms with van der Waals surface area (Å²) in [5, 5.41) is 42.4. The van der Waals surface area contributed by atoms with Gasteiger partial charge in [-0.3, -0.25) is 0 Å². The van der Waals surface area contributed by atoms with Crippen LogP contribution in [0.1, 0.15) is 0 Å². The van der Waals surface area contributed by atoms with E-state index in [1.807, 2.05) is 84.9 Å². The fourth-order valence-electron chi connectivity index (χ4n) is 6.26. The number of rotatable bonds is 6. The van der Waals surface area contributed by atoms with Crippen molar-refractivity contribution in [1.82, 2.24) is 0 Å². The number of phenols is 4. The molecule has 0 aliphatic heterocycles. The fraction of sp³-hybridized carbons (Fsp3) is 0. The predicted octanol–water partition coefficient (Wildman–Crippen LogP) is 10.5. The van der Waals surface area contributed by atoms with Gasteiger partial charge in [0.15, 0.2) is 23.0 Å². The lowest BCUT2D eigenvalue weighted by Crippen LogP contribution is -2.02. The van der Waals surface area contributed by atoms with Crippen LogP contribution in [0.5, 0.6) is 23.0 Å². The number of phenolic OH excluding ortho intramolecular Hbond substituents is 4. The molecule has 7 aromatic rings. The third-order valence-electron chi connectivity index (χ3n) is 8.28. The second-order valence-corrected chi connectivity index (χ2v) is 11.1. The van der Waals surface area contributed by atoms with Crippen LogP contribution in [0.4, 0.5) is 0 Å². The van der Waals surface area contributed by atoms with Gasteiger partial charge in [-0.25, -0.2) is 0 Å². The Labute approximate surface area is 267 Å². The summed E-state index contributed by atoms with van der Waals surface area (Å²) in [5.74, 6) is -0.834. The highest BCUT2D eigenvalue weighted by atomic mass is 16.3. The quantitative estimate of drug-likeness (QED) is 0.144. The summed E-state index contributed by atoms with van der Waals surface area (Å²) in [6.45, 7) is 0. The van der Waals surface area contributed by atoms with E-state index in [2.05, 4.69) is 48.5 Å². The van der Waals surface area contributed by atoms with Crippen LogP contribution in [0.15, 0.2) is 158 Å². The highest BCUT2D eigenvalue weighted by Crippen LogP contribution is 2.56. The Bertz CT molecular complexity index is 1900. The molecular formula is C42H30O4. The maximum atomic E-state index is 10.8. The van der Waals surface area contributed by atoms with Gasteiger partial charge >= 0.3 is 0 Å². The van der Waals surface area contributed by atoms with Gasteiger partial charge in [-0.05, 0) is 91.0 Å². The normalized spacial score (nSPS) is 11.0. The van der Waals surface area contributed by atoms with Gasteiger partial charge < -0.3 is 20.4 Å². The first-order valence-electron chi connectivity index (χ1n) is 15.0. The second kappa shape index (κ2) is 12.0. The van der Waals surface area contributed by atoms with E-state index in [1.54, 1.807) is 12.1 Å². The van der Waals surface area contributed by atoms with Gasteiger partial charge in [-0.15, -0.1) is 0 Å². The average molecular weight is 599 g/mol. The van der Waals surface area contributed by atoms with Crippen LogP contribution in [-0.2, 0) is 0 Å². The molecule has 0 heterocycles. The average Bonchev–Trinajstić information content (AvgIpc) is 3.11. The fourth-order valence-corrected chi connectivity index (χ4v) is 6.26. The summed E-state index contributed by atoms with van der Waals surface area (Å²) >= 11 is 0. The summed E-state index contributed by atoms with van der Waals surface area (Å²) < 4.78 is 0. The van der Waals surface area contributed by atoms with Crippen molar-refractivity contribution in [2.24, 2.45) is 0 Å². The van der Waals surface area contributed by atoms with Crippen LogP contribution in [0.2, 0.25) is 0 Å². The molecule has 0 atom stereocenters. The van der Waals surface area contributed by atoms with Crippen molar-refractivity contribution in [1.29, 1.82) is 0 Å². The van der Waals surface area contributed by atoms with Gasteiger partial charge in [0.2, 0.25) is 0 Å². The van der Waals surface area contributed by atoms with Crippen molar-refractivity contribution in [2.75, 3.05) is 0 Å². The zero-order valence-corrected chi connectivity index (χ0v) is 24.8. The molecule has 0 aromatic heterocycles. The molecule has 0 amide bonds. The number of hydrogen-bond acceptors (Lipinski definition) is 4. The Balaban J connectivity index is 1.83. The van der Waals surface area contributed by atoms with E-state index in [4.69, 9.17) is 0 Å². The van der Waals surface area contributed by atoms with Crippen molar-refractivity contribution >= 4 is 0 Å². The van der Waals surface area contributed by atoms with E-state index in [9.17, 15) is 20.4 Å². The first-order chi connectivity index (χ1) is 22.5. The van der Waals surface area contributed by atoms with E-state index in [-0.39, 0.29) is 23.0 Å². The third-order valence-corrected chi connectivity index (χ3v) is 8.28. The minimum Gasteiger partial charge on any atom is -0.504 e. The molecule has 4 nitrogen and oxygen atoms in total. The van der Waals surface area contributed by atoms with Crippen molar-refractivity contribution in [3.63, 3.8) is 0 Å². The molecule has 0 aliphatic carbocycles. The third kappa shape index (κ3) is 5.12. The van der Waals surface area contributed by atoms with E-state index < -0.39 is 0 Å². The van der Waals surface area contributed by atoms with Crippen LogP contribution in [0.25, 0.3) is 66.8 Å². The molecule has 0 fully saturated rings. The number of benzene rings is 7. The SMILES string of the molecule is Oc1ccc(-c2c(-c3ccccc3)c(-c3ccccc3)c(-c3ccc(O)c(O)c3)c(-c3ccccc3)c2-c2ccccc2)cc1O. The Morgan fingerprint density at radius 3 is 0.696 bits per heavy atom. The second-order valence-electron chi connectivity index (χ2n) is 11.1. The van der Waals surface area contributed by atoms with E-state index in [1.165, 1.54) is 12.1 Å². The summed E-state index contributed by atoms with van der Waals surface area (Å²) in [6.07, 6.45) is 0. The van der Waals surface area contributed by atoms with Gasteiger partial charge in [0.05, 0.1) is 0 Å². The Kier molecular flexibility index (Phi) is 7.45. The van der Waals surface area contributed by atoms with Crippen LogP contribution >= 0.6 is 0 Å². The minimum atomic E-state index is -0.217. The van der Waals surface area contributed by atoms with Crippen molar-refractivity contribution in [3.8, 4) is 89.8 Å². The van der Waals surface area contributed by atoms with Gasteiger partial charge in [-0.1, -0.05) is 133 Å². The molecular weight excluding hydrogens is 568 g/mol. The zero-order valence-electron chi connectivity index (χ0n) is 24.8. The van der Waals surface area contributed by atoms with E-state index >= 15 is 0 Å². The Morgan fingerprint density at radius 1 is 0.217 bits per heavy atom. The van der Waals surface area contributed by atoms with Gasteiger partial charge in [0.1, 0.15) is 0 Å². The molecule has 0 saturated heterocycles. The van der Waals surface area contributed by atoms with Crippen LogP contribution < -0.4 is 0 Å². The largest absolute Gasteiger partial charge is 0.504 e. The molecule has 7 aromatic carbocycles. The standard InChI is InChI=1S/C42H30O4/c43-33-23-21-31(25-35(33)45)41-37(27-13-5-1-6-14-27)38(28-15-7-2-8-16-28)42(32-22-24-34(44)36(46)26-32)40(30-19-11-4-12-20-30)39(41)29-17-9-3-10-18-29/h1-26,43-46H. The molecule has 0 spiro atoms. The van der Waals surface area contributed by atoms with Crippen molar-refractivity contribution in [2.45, 2.75) is 0 Å². The topological polar surface area (TPSA) is 80.9 Å². The maximum absolute atomic E-state index is 10.8. The maximum Gasteiger partial charge on any atom is 0.158 e. The molecule has 7 rings (SSSR count). The zero-order chi connectivity index (χ0) is 31.6. The molecule has 46 heavy (non-hydrogen) atoms. The Morgan fingerprint density at radius 2 is 0.457 bits per heavy atom. The highest BCUT2D eigenvalue weighted by Gasteiger charge is 2.29. The molecule has 0 radical (unpaired) electrons. The molecule has 0 bridgehead atoms. The highest BCUT2D eigenvalue weighted by molar-refractivity contribution is 6.15. The van der Waals surface area contributed by atoms with Crippen LogP contribution in [0.3, 0.4) is 0 Å². The minimum absolute atomic E-state index is 0.200. The predicted molar refractivity (Wildman–Crippen MR) is 186 cm³/mol. The lowest BCUT2D eigenvalue weighted by Gasteiger charge is -2.29. The summed E-state index contributed by atoms with van der Waals surface area (Å²) in [6, 6.07) is 50.4. The van der Waals surface area contributed by atoms with Crippen LogP contribution in [0, 0.1) is 0 Å². The molecule has 0 unspecified atom stereocenters. The lowest BCUT2D eigenvalue weighted by atomic mass is 9.74. The molecule has 0 aliphatic rings. The van der Waals surface area contributed by atoms with E-state index in [0.717, 1.165) is 66.8 Å². The first kappa shape index (κ1) is 28.5. The van der Waals surface area contributed by atoms with Crippen molar-refractivity contribution < 1.29 is 20.4 Å². The lowest BCUT2D eigenvalue weighted by molar-refractivity contribution is 0.404. The molecule has 222 valence electrons. The smallest absolute Gasteiger partial charge is 0.158 e. The number of hydrogen-bond donors (Lipinski definition) is 4. The molecule has 0 saturated carbocycles. The van der Waals surface area contributed by atoms with Gasteiger partial charge in [0, 0.05) is 0 Å². The van der Waals surface area contributed by atoms with E-state index in [0.29, 0.717) is 0 Å². The van der Waals surface area contributed by atoms with Crippen LogP contribution in [-0.4, -0.2) is 20.4 Å². The summed E-state index contributed by atoms with van der Waals surface area (Å²) in [4.78, 5) is 0. The molecule has 4 N–H and O–H groups in total. The monoisotopic (exact) mass is 598 g/mol. The Hall–Kier alpha value is -6.26. The van der Waals surface area contributed by atoms with Gasteiger partial charge in [-0.2, -0.15) is 0 Å². The first-order valence-corrected chi connectivity index (χ1v) is 15.0.